The van der Waals surface area contributed by atoms with E-state index in [0.29, 0.717) is 18.3 Å². The monoisotopic (exact) mass is 355 g/mol. The highest BCUT2D eigenvalue weighted by atomic mass is 35.5. The van der Waals surface area contributed by atoms with Crippen molar-refractivity contribution >= 4 is 29.3 Å². The van der Waals surface area contributed by atoms with Gasteiger partial charge in [-0.15, -0.1) is 0 Å². The summed E-state index contributed by atoms with van der Waals surface area (Å²) in [6.45, 7) is 6.08. The SMILES string of the molecule is CCNC(=NCc1ccc(Cl)cc1)NCC1(O)CCC1SCC. The van der Waals surface area contributed by atoms with E-state index < -0.39 is 5.60 Å². The number of benzene rings is 1. The summed E-state index contributed by atoms with van der Waals surface area (Å²) < 4.78 is 0. The molecule has 0 aliphatic heterocycles. The maximum absolute atomic E-state index is 10.7. The van der Waals surface area contributed by atoms with E-state index in [2.05, 4.69) is 22.5 Å². The molecule has 0 aromatic heterocycles. The molecule has 2 rings (SSSR count). The average molecular weight is 356 g/mol. The Kier molecular flexibility index (Phi) is 7.06. The summed E-state index contributed by atoms with van der Waals surface area (Å²) in [6, 6.07) is 7.69. The second kappa shape index (κ2) is 8.81. The second-order valence-electron chi connectivity index (χ2n) is 5.76. The molecule has 3 N–H and O–H groups in total. The molecule has 1 aliphatic carbocycles. The van der Waals surface area contributed by atoms with Crippen molar-refractivity contribution in [3.63, 3.8) is 0 Å². The Balaban J connectivity index is 1.90. The molecule has 0 bridgehead atoms. The fraction of sp³-hybridized carbons (Fsp3) is 0.588. The van der Waals surface area contributed by atoms with Crippen molar-refractivity contribution < 1.29 is 5.11 Å². The van der Waals surface area contributed by atoms with Crippen LogP contribution in [-0.2, 0) is 6.54 Å². The van der Waals surface area contributed by atoms with E-state index in [-0.39, 0.29) is 0 Å². The van der Waals surface area contributed by atoms with Gasteiger partial charge in [-0.3, -0.25) is 0 Å². The fourth-order valence-electron chi connectivity index (χ4n) is 2.58. The Bertz CT molecular complexity index is 523. The second-order valence-corrected chi connectivity index (χ2v) is 7.68. The first-order valence-electron chi connectivity index (χ1n) is 8.18. The number of halogens is 1. The number of hydrogen-bond donors (Lipinski definition) is 3. The van der Waals surface area contributed by atoms with Gasteiger partial charge in [-0.05, 0) is 43.2 Å². The predicted octanol–water partition coefficient (Wildman–Crippen LogP) is 3.04. The first-order valence-corrected chi connectivity index (χ1v) is 9.60. The number of thioether (sulfide) groups is 1. The van der Waals surface area contributed by atoms with Gasteiger partial charge in [0, 0.05) is 23.4 Å². The summed E-state index contributed by atoms with van der Waals surface area (Å²) in [5, 5.41) is 18.2. The molecule has 128 valence electrons. The Labute approximate surface area is 148 Å². The van der Waals surface area contributed by atoms with Gasteiger partial charge in [-0.2, -0.15) is 11.8 Å². The molecule has 4 nitrogen and oxygen atoms in total. The standard InChI is InChI=1S/C17H26ClN3OS/c1-3-19-16(20-11-13-5-7-14(18)8-6-13)21-12-17(22)10-9-15(17)23-4-2/h5-8,15,22H,3-4,9-12H2,1-2H3,(H2,19,20,21). The molecule has 0 amide bonds. The third-order valence-corrected chi connectivity index (χ3v) is 5.71. The van der Waals surface area contributed by atoms with Gasteiger partial charge in [0.05, 0.1) is 12.1 Å². The van der Waals surface area contributed by atoms with E-state index in [1.807, 2.05) is 43.0 Å². The van der Waals surface area contributed by atoms with E-state index >= 15 is 0 Å². The smallest absolute Gasteiger partial charge is 0.191 e. The van der Waals surface area contributed by atoms with Crippen LogP contribution in [0.4, 0.5) is 0 Å². The van der Waals surface area contributed by atoms with Crippen molar-refractivity contribution in [3.8, 4) is 0 Å². The summed E-state index contributed by atoms with van der Waals surface area (Å²) in [4.78, 5) is 4.58. The number of nitrogens with one attached hydrogen (secondary N) is 2. The zero-order chi connectivity index (χ0) is 16.7. The molecule has 1 aliphatic rings. The van der Waals surface area contributed by atoms with Crippen LogP contribution in [0.5, 0.6) is 0 Å². The molecule has 1 fully saturated rings. The summed E-state index contributed by atoms with van der Waals surface area (Å²) >= 11 is 7.73. The van der Waals surface area contributed by atoms with Crippen LogP contribution >= 0.6 is 23.4 Å². The summed E-state index contributed by atoms with van der Waals surface area (Å²) in [5.41, 5.74) is 0.491. The minimum Gasteiger partial charge on any atom is -0.387 e. The maximum atomic E-state index is 10.7. The van der Waals surface area contributed by atoms with E-state index in [1.54, 1.807) is 0 Å². The number of rotatable bonds is 7. The Morgan fingerprint density at radius 2 is 2.09 bits per heavy atom. The lowest BCUT2D eigenvalue weighted by Gasteiger charge is -2.45. The van der Waals surface area contributed by atoms with Crippen LogP contribution in [0.25, 0.3) is 0 Å². The molecule has 23 heavy (non-hydrogen) atoms. The highest BCUT2D eigenvalue weighted by Gasteiger charge is 2.45. The van der Waals surface area contributed by atoms with Crippen molar-refractivity contribution in [2.45, 2.75) is 44.1 Å². The third-order valence-electron chi connectivity index (χ3n) is 4.05. The van der Waals surface area contributed by atoms with E-state index in [1.165, 1.54) is 0 Å². The molecule has 1 saturated carbocycles. The van der Waals surface area contributed by atoms with Gasteiger partial charge in [0.15, 0.2) is 5.96 Å². The lowest BCUT2D eigenvalue weighted by molar-refractivity contribution is -0.0198. The Hall–Kier alpha value is -0.910. The van der Waals surface area contributed by atoms with Gasteiger partial charge in [0.1, 0.15) is 0 Å². The van der Waals surface area contributed by atoms with Crippen molar-refractivity contribution in [2.24, 2.45) is 4.99 Å². The third kappa shape index (κ3) is 5.30. The van der Waals surface area contributed by atoms with Crippen LogP contribution in [0, 0.1) is 0 Å². The number of aliphatic hydroxyl groups is 1. The highest BCUT2D eigenvalue weighted by Crippen LogP contribution is 2.40. The van der Waals surface area contributed by atoms with Crippen LogP contribution in [0.3, 0.4) is 0 Å². The number of nitrogens with zero attached hydrogens (tertiary/aromatic N) is 1. The van der Waals surface area contributed by atoms with Crippen molar-refractivity contribution in [3.05, 3.63) is 34.9 Å². The number of hydrogen-bond acceptors (Lipinski definition) is 3. The molecular weight excluding hydrogens is 330 g/mol. The zero-order valence-corrected chi connectivity index (χ0v) is 15.4. The van der Waals surface area contributed by atoms with Gasteiger partial charge in [-0.25, -0.2) is 4.99 Å². The quantitative estimate of drug-likeness (QED) is 0.519. The molecule has 2 unspecified atom stereocenters. The molecule has 0 radical (unpaired) electrons. The molecular formula is C17H26ClN3OS. The minimum absolute atomic E-state index is 0.333. The minimum atomic E-state index is -0.614. The van der Waals surface area contributed by atoms with Crippen molar-refractivity contribution in [1.82, 2.24) is 10.6 Å². The van der Waals surface area contributed by atoms with Gasteiger partial charge in [0.25, 0.3) is 0 Å². The molecule has 2 atom stereocenters. The number of guanidine groups is 1. The molecule has 6 heteroatoms. The first-order chi connectivity index (χ1) is 11.1. The van der Waals surface area contributed by atoms with Crippen LogP contribution in [-0.4, -0.2) is 40.8 Å². The first kappa shape index (κ1) is 18.4. The van der Waals surface area contributed by atoms with E-state index in [9.17, 15) is 5.11 Å². The molecule has 1 aromatic carbocycles. The van der Waals surface area contributed by atoms with Gasteiger partial charge in [0.2, 0.25) is 0 Å². The summed E-state index contributed by atoms with van der Waals surface area (Å²) in [6.07, 6.45) is 1.95. The van der Waals surface area contributed by atoms with Gasteiger partial charge in [-0.1, -0.05) is 30.7 Å². The fourth-order valence-corrected chi connectivity index (χ4v) is 3.90. The van der Waals surface area contributed by atoms with E-state index in [0.717, 1.165) is 41.7 Å². The summed E-state index contributed by atoms with van der Waals surface area (Å²) in [5.74, 6) is 1.78. The molecule has 0 saturated heterocycles. The van der Waals surface area contributed by atoms with Crippen molar-refractivity contribution in [1.29, 1.82) is 0 Å². The number of aliphatic imine (C=N–C) groups is 1. The zero-order valence-electron chi connectivity index (χ0n) is 13.8. The van der Waals surface area contributed by atoms with Crippen LogP contribution in [0.15, 0.2) is 29.3 Å². The maximum Gasteiger partial charge on any atom is 0.191 e. The Morgan fingerprint density at radius 3 is 2.65 bits per heavy atom. The lowest BCUT2D eigenvalue weighted by atomic mass is 9.79. The largest absolute Gasteiger partial charge is 0.387 e. The molecule has 0 spiro atoms. The Morgan fingerprint density at radius 1 is 1.35 bits per heavy atom. The van der Waals surface area contributed by atoms with Crippen LogP contribution in [0.2, 0.25) is 5.02 Å². The molecule has 1 aromatic rings. The van der Waals surface area contributed by atoms with Crippen LogP contribution < -0.4 is 10.6 Å². The normalized spacial score (nSPS) is 24.2. The van der Waals surface area contributed by atoms with Crippen LogP contribution in [0.1, 0.15) is 32.3 Å². The van der Waals surface area contributed by atoms with Crippen molar-refractivity contribution in [2.75, 3.05) is 18.8 Å². The topological polar surface area (TPSA) is 56.7 Å². The van der Waals surface area contributed by atoms with Gasteiger partial charge < -0.3 is 15.7 Å². The average Bonchev–Trinajstić information content (AvgIpc) is 2.55. The van der Waals surface area contributed by atoms with Gasteiger partial charge >= 0.3 is 0 Å². The van der Waals surface area contributed by atoms with E-state index in [4.69, 9.17) is 11.6 Å². The summed E-state index contributed by atoms with van der Waals surface area (Å²) in [7, 11) is 0. The lowest BCUT2D eigenvalue weighted by Crippen LogP contribution is -2.58. The predicted molar refractivity (Wildman–Crippen MR) is 100 cm³/mol. The highest BCUT2D eigenvalue weighted by molar-refractivity contribution is 8.00. The molecule has 0 heterocycles.